The summed E-state index contributed by atoms with van der Waals surface area (Å²) in [6, 6.07) is 12.4. The van der Waals surface area contributed by atoms with Crippen LogP contribution in [0.25, 0.3) is 0 Å². The molecule has 6 nitrogen and oxygen atoms in total. The van der Waals surface area contributed by atoms with Crippen LogP contribution in [0.5, 0.6) is 5.75 Å². The number of ether oxygens (including phenoxy) is 1. The predicted octanol–water partition coefficient (Wildman–Crippen LogP) is 3.11. The molecule has 0 saturated carbocycles. The second-order valence-corrected chi connectivity index (χ2v) is 7.92. The van der Waals surface area contributed by atoms with Crippen molar-refractivity contribution in [2.45, 2.75) is 20.8 Å². The number of benzene rings is 2. The fourth-order valence-corrected chi connectivity index (χ4v) is 3.46. The predicted molar refractivity (Wildman–Crippen MR) is 104 cm³/mol. The van der Waals surface area contributed by atoms with Gasteiger partial charge in [0.25, 0.3) is 0 Å². The van der Waals surface area contributed by atoms with E-state index in [4.69, 9.17) is 4.74 Å². The summed E-state index contributed by atoms with van der Waals surface area (Å²) in [5, 5.41) is 2.81. The van der Waals surface area contributed by atoms with Crippen molar-refractivity contribution in [2.75, 3.05) is 29.0 Å². The molecule has 0 aliphatic heterocycles. The van der Waals surface area contributed by atoms with Gasteiger partial charge in [-0.2, -0.15) is 0 Å². The van der Waals surface area contributed by atoms with Gasteiger partial charge >= 0.3 is 0 Å². The van der Waals surface area contributed by atoms with E-state index in [1.165, 1.54) is 0 Å². The van der Waals surface area contributed by atoms with Crippen LogP contribution in [0.15, 0.2) is 42.5 Å². The minimum Gasteiger partial charge on any atom is -0.494 e. The third-order valence-electron chi connectivity index (χ3n) is 3.85. The third-order valence-corrected chi connectivity index (χ3v) is 4.99. The van der Waals surface area contributed by atoms with Gasteiger partial charge in [0, 0.05) is 11.8 Å². The molecular formula is C19H24N2O4S. The normalized spacial score (nSPS) is 11.1. The molecule has 0 heterocycles. The van der Waals surface area contributed by atoms with Crippen molar-refractivity contribution in [2.24, 2.45) is 0 Å². The maximum Gasteiger partial charge on any atom is 0.245 e. The number of nitrogens with one attached hydrogen (secondary N) is 1. The van der Waals surface area contributed by atoms with Gasteiger partial charge < -0.3 is 10.1 Å². The molecule has 2 aromatic rings. The molecule has 26 heavy (non-hydrogen) atoms. The summed E-state index contributed by atoms with van der Waals surface area (Å²) in [4.78, 5) is 12.5. The Morgan fingerprint density at radius 2 is 1.73 bits per heavy atom. The number of carbonyl (C=O) groups excluding carboxylic acids is 1. The van der Waals surface area contributed by atoms with E-state index in [1.807, 2.05) is 39.0 Å². The second kappa shape index (κ2) is 8.23. The standard InChI is InChI=1S/C19H24N2O4S/c1-5-25-17-11-7-10-16(12-17)21(26(4,23)24)13-18(22)20-19-14(2)8-6-9-15(19)3/h6-12H,5,13H2,1-4H3,(H,20,22). The molecule has 0 bridgehead atoms. The summed E-state index contributed by atoms with van der Waals surface area (Å²) in [5.41, 5.74) is 2.93. The number of nitrogens with zero attached hydrogens (tertiary/aromatic N) is 1. The first-order valence-electron chi connectivity index (χ1n) is 8.29. The minimum absolute atomic E-state index is 0.317. The molecule has 0 aromatic heterocycles. The van der Waals surface area contributed by atoms with Crippen molar-refractivity contribution in [1.82, 2.24) is 0 Å². The quantitative estimate of drug-likeness (QED) is 0.806. The molecule has 0 unspecified atom stereocenters. The Balaban J connectivity index is 2.26. The first-order chi connectivity index (χ1) is 12.2. The van der Waals surface area contributed by atoms with Crippen molar-refractivity contribution in [3.63, 3.8) is 0 Å². The Hall–Kier alpha value is -2.54. The first kappa shape index (κ1) is 19.8. The molecular weight excluding hydrogens is 352 g/mol. The molecule has 140 valence electrons. The number of anilines is 2. The smallest absolute Gasteiger partial charge is 0.245 e. The number of hydrogen-bond acceptors (Lipinski definition) is 4. The number of aryl methyl sites for hydroxylation is 2. The van der Waals surface area contributed by atoms with E-state index in [2.05, 4.69) is 5.32 Å². The van der Waals surface area contributed by atoms with Gasteiger partial charge in [-0.3, -0.25) is 9.10 Å². The van der Waals surface area contributed by atoms with Gasteiger partial charge in [-0.25, -0.2) is 8.42 Å². The number of hydrogen-bond donors (Lipinski definition) is 1. The minimum atomic E-state index is -3.64. The van der Waals surface area contributed by atoms with E-state index in [9.17, 15) is 13.2 Å². The summed E-state index contributed by atoms with van der Waals surface area (Å²) in [7, 11) is -3.64. The van der Waals surface area contributed by atoms with Crippen molar-refractivity contribution < 1.29 is 17.9 Å². The van der Waals surface area contributed by atoms with E-state index >= 15 is 0 Å². The lowest BCUT2D eigenvalue weighted by Gasteiger charge is -2.23. The lowest BCUT2D eigenvalue weighted by atomic mass is 10.1. The highest BCUT2D eigenvalue weighted by atomic mass is 32.2. The van der Waals surface area contributed by atoms with E-state index in [0.29, 0.717) is 23.7 Å². The summed E-state index contributed by atoms with van der Waals surface area (Å²) < 4.78 is 30.9. The molecule has 0 saturated heterocycles. The van der Waals surface area contributed by atoms with E-state index < -0.39 is 15.9 Å². The van der Waals surface area contributed by atoms with E-state index in [1.54, 1.807) is 24.3 Å². The van der Waals surface area contributed by atoms with E-state index in [-0.39, 0.29) is 6.54 Å². The summed E-state index contributed by atoms with van der Waals surface area (Å²) in [6.45, 7) is 5.78. The van der Waals surface area contributed by atoms with Crippen LogP contribution in [0.1, 0.15) is 18.1 Å². The molecule has 0 spiro atoms. The summed E-state index contributed by atoms with van der Waals surface area (Å²) in [6.07, 6.45) is 1.08. The van der Waals surface area contributed by atoms with Gasteiger partial charge in [0.1, 0.15) is 12.3 Å². The Labute approximate surface area is 154 Å². The van der Waals surface area contributed by atoms with Crippen LogP contribution in [-0.2, 0) is 14.8 Å². The van der Waals surface area contributed by atoms with Gasteiger partial charge in [-0.05, 0) is 44.0 Å². The maximum atomic E-state index is 12.5. The highest BCUT2D eigenvalue weighted by Crippen LogP contribution is 2.24. The van der Waals surface area contributed by atoms with Gasteiger partial charge in [0.15, 0.2) is 0 Å². The van der Waals surface area contributed by atoms with Gasteiger partial charge in [0.2, 0.25) is 15.9 Å². The fraction of sp³-hybridized carbons (Fsp3) is 0.316. The SMILES string of the molecule is CCOc1cccc(N(CC(=O)Nc2c(C)cccc2C)S(C)(=O)=O)c1. The number of carbonyl (C=O) groups is 1. The number of sulfonamides is 1. The van der Waals surface area contributed by atoms with Crippen LogP contribution >= 0.6 is 0 Å². The van der Waals surface area contributed by atoms with Gasteiger partial charge in [-0.15, -0.1) is 0 Å². The largest absolute Gasteiger partial charge is 0.494 e. The van der Waals surface area contributed by atoms with Crippen LogP contribution in [-0.4, -0.2) is 33.7 Å². The Morgan fingerprint density at radius 1 is 1.12 bits per heavy atom. The zero-order chi connectivity index (χ0) is 19.3. The lowest BCUT2D eigenvalue weighted by molar-refractivity contribution is -0.114. The zero-order valence-electron chi connectivity index (χ0n) is 15.4. The first-order valence-corrected chi connectivity index (χ1v) is 10.1. The number of rotatable bonds is 7. The maximum absolute atomic E-state index is 12.5. The van der Waals surface area contributed by atoms with Crippen LogP contribution in [0.3, 0.4) is 0 Å². The van der Waals surface area contributed by atoms with Crippen LogP contribution < -0.4 is 14.4 Å². The lowest BCUT2D eigenvalue weighted by Crippen LogP contribution is -2.37. The van der Waals surface area contributed by atoms with Crippen LogP contribution in [0.2, 0.25) is 0 Å². The van der Waals surface area contributed by atoms with Gasteiger partial charge in [-0.1, -0.05) is 24.3 Å². The monoisotopic (exact) mass is 376 g/mol. The van der Waals surface area contributed by atoms with Crippen molar-refractivity contribution >= 4 is 27.3 Å². The second-order valence-electron chi connectivity index (χ2n) is 6.01. The van der Waals surface area contributed by atoms with Crippen LogP contribution in [0.4, 0.5) is 11.4 Å². The molecule has 1 N–H and O–H groups in total. The molecule has 2 aromatic carbocycles. The molecule has 0 radical (unpaired) electrons. The molecule has 0 aliphatic rings. The van der Waals surface area contributed by atoms with Crippen LogP contribution in [0, 0.1) is 13.8 Å². The van der Waals surface area contributed by atoms with Crippen molar-refractivity contribution in [3.05, 3.63) is 53.6 Å². The Bertz CT molecular complexity index is 874. The topological polar surface area (TPSA) is 75.7 Å². The average Bonchev–Trinajstić information content (AvgIpc) is 2.56. The average molecular weight is 376 g/mol. The highest BCUT2D eigenvalue weighted by molar-refractivity contribution is 7.92. The van der Waals surface area contributed by atoms with Gasteiger partial charge in [0.05, 0.1) is 18.6 Å². The molecule has 7 heteroatoms. The Kier molecular flexibility index (Phi) is 6.26. The van der Waals surface area contributed by atoms with E-state index in [0.717, 1.165) is 21.7 Å². The molecule has 1 amide bonds. The fourth-order valence-electron chi connectivity index (χ4n) is 2.62. The Morgan fingerprint density at radius 3 is 2.31 bits per heavy atom. The van der Waals surface area contributed by atoms with Crippen molar-refractivity contribution in [3.8, 4) is 5.75 Å². The summed E-state index contributed by atoms with van der Waals surface area (Å²) in [5.74, 6) is 0.142. The molecule has 0 fully saturated rings. The molecule has 0 atom stereocenters. The third kappa shape index (κ3) is 4.98. The number of para-hydroxylation sites is 1. The summed E-state index contributed by atoms with van der Waals surface area (Å²) >= 11 is 0. The molecule has 2 rings (SSSR count). The van der Waals surface area contributed by atoms with Crippen molar-refractivity contribution in [1.29, 1.82) is 0 Å². The molecule has 0 aliphatic carbocycles. The number of amides is 1. The zero-order valence-corrected chi connectivity index (χ0v) is 16.3. The highest BCUT2D eigenvalue weighted by Gasteiger charge is 2.22.